The van der Waals surface area contributed by atoms with Crippen molar-refractivity contribution in [3.05, 3.63) is 29.8 Å². The van der Waals surface area contributed by atoms with E-state index in [2.05, 4.69) is 15.6 Å². The molecule has 1 unspecified atom stereocenters. The first-order chi connectivity index (χ1) is 10.6. The smallest absolute Gasteiger partial charge is 0.310 e. The molecule has 0 aliphatic carbocycles. The van der Waals surface area contributed by atoms with Crippen molar-refractivity contribution in [2.75, 3.05) is 27.3 Å². The summed E-state index contributed by atoms with van der Waals surface area (Å²) in [4.78, 5) is 15.9. The van der Waals surface area contributed by atoms with Crippen LogP contribution < -0.4 is 15.4 Å². The quantitative estimate of drug-likeness (QED) is 0.454. The van der Waals surface area contributed by atoms with Gasteiger partial charge in [0.25, 0.3) is 0 Å². The van der Waals surface area contributed by atoms with Gasteiger partial charge in [-0.3, -0.25) is 4.79 Å². The van der Waals surface area contributed by atoms with Gasteiger partial charge in [0.15, 0.2) is 5.96 Å². The van der Waals surface area contributed by atoms with Crippen molar-refractivity contribution in [3.63, 3.8) is 0 Å². The molecule has 0 aromatic heterocycles. The van der Waals surface area contributed by atoms with Gasteiger partial charge < -0.3 is 20.1 Å². The molecule has 6 heteroatoms. The summed E-state index contributed by atoms with van der Waals surface area (Å²) in [6, 6.07) is 7.76. The summed E-state index contributed by atoms with van der Waals surface area (Å²) >= 11 is 0. The summed E-state index contributed by atoms with van der Waals surface area (Å²) in [6.45, 7) is 5.49. The molecular formula is C16H25N3O3. The minimum atomic E-state index is -0.243. The Kier molecular flexibility index (Phi) is 7.81. The van der Waals surface area contributed by atoms with Crippen LogP contribution in [0, 0.1) is 5.92 Å². The summed E-state index contributed by atoms with van der Waals surface area (Å²) in [5.41, 5.74) is 1.00. The standard InChI is InChI=1S/C16H25N3O3/c1-5-17-16(18-10-12(2)15(20)22-4)19-11-13-8-6-7-9-14(13)21-3/h6-9,12H,5,10-11H2,1-4H3,(H2,17,18,19). The van der Waals surface area contributed by atoms with Crippen molar-refractivity contribution < 1.29 is 14.3 Å². The highest BCUT2D eigenvalue weighted by atomic mass is 16.5. The van der Waals surface area contributed by atoms with Crippen LogP contribution in [0.3, 0.4) is 0 Å². The molecule has 1 aromatic rings. The third-order valence-corrected chi connectivity index (χ3v) is 3.12. The van der Waals surface area contributed by atoms with Crippen LogP contribution in [0.25, 0.3) is 0 Å². The fraction of sp³-hybridized carbons (Fsp3) is 0.500. The highest BCUT2D eigenvalue weighted by Crippen LogP contribution is 2.17. The lowest BCUT2D eigenvalue weighted by atomic mass is 10.2. The first-order valence-corrected chi connectivity index (χ1v) is 7.34. The molecule has 6 nitrogen and oxygen atoms in total. The first kappa shape index (κ1) is 17.8. The van der Waals surface area contributed by atoms with Gasteiger partial charge in [-0.05, 0) is 13.0 Å². The molecule has 0 fully saturated rings. The number of esters is 1. The normalized spacial score (nSPS) is 12.5. The lowest BCUT2D eigenvalue weighted by Crippen LogP contribution is -2.40. The van der Waals surface area contributed by atoms with Crippen molar-refractivity contribution in [2.45, 2.75) is 20.4 Å². The van der Waals surface area contributed by atoms with Gasteiger partial charge in [-0.15, -0.1) is 0 Å². The SMILES string of the molecule is CCNC(=NCc1ccccc1OC)NCC(C)C(=O)OC. The Morgan fingerprint density at radius 2 is 2.00 bits per heavy atom. The molecule has 0 radical (unpaired) electrons. The van der Waals surface area contributed by atoms with Crippen molar-refractivity contribution in [3.8, 4) is 5.75 Å². The number of nitrogens with one attached hydrogen (secondary N) is 2. The summed E-state index contributed by atoms with van der Waals surface area (Å²) in [5, 5.41) is 6.29. The predicted molar refractivity (Wildman–Crippen MR) is 87.0 cm³/mol. The van der Waals surface area contributed by atoms with Gasteiger partial charge >= 0.3 is 5.97 Å². The minimum Gasteiger partial charge on any atom is -0.496 e. The van der Waals surface area contributed by atoms with Gasteiger partial charge in [0.1, 0.15) is 5.75 Å². The Balaban J connectivity index is 2.67. The number of guanidine groups is 1. The zero-order valence-electron chi connectivity index (χ0n) is 13.7. The second-order valence-corrected chi connectivity index (χ2v) is 4.81. The Hall–Kier alpha value is -2.24. The summed E-state index contributed by atoms with van der Waals surface area (Å²) in [6.07, 6.45) is 0. The number of hydrogen-bond donors (Lipinski definition) is 2. The molecule has 0 bridgehead atoms. The number of rotatable bonds is 7. The van der Waals surface area contributed by atoms with Crippen LogP contribution >= 0.6 is 0 Å². The maximum Gasteiger partial charge on any atom is 0.310 e. The number of para-hydroxylation sites is 1. The molecule has 0 saturated carbocycles. The van der Waals surface area contributed by atoms with Crippen LogP contribution in [0.2, 0.25) is 0 Å². The molecule has 0 aliphatic rings. The average molecular weight is 307 g/mol. The van der Waals surface area contributed by atoms with Crippen LogP contribution in [-0.2, 0) is 16.1 Å². The van der Waals surface area contributed by atoms with E-state index in [-0.39, 0.29) is 11.9 Å². The molecular weight excluding hydrogens is 282 g/mol. The molecule has 1 atom stereocenters. The van der Waals surface area contributed by atoms with E-state index in [0.717, 1.165) is 17.9 Å². The number of aliphatic imine (C=N–C) groups is 1. The van der Waals surface area contributed by atoms with Crippen LogP contribution in [-0.4, -0.2) is 39.2 Å². The Bertz CT molecular complexity index is 503. The van der Waals surface area contributed by atoms with E-state index in [1.807, 2.05) is 38.1 Å². The van der Waals surface area contributed by atoms with Crippen molar-refractivity contribution in [1.82, 2.24) is 10.6 Å². The number of hydrogen-bond acceptors (Lipinski definition) is 4. The van der Waals surface area contributed by atoms with E-state index in [9.17, 15) is 4.79 Å². The first-order valence-electron chi connectivity index (χ1n) is 7.34. The van der Waals surface area contributed by atoms with Gasteiger partial charge in [-0.2, -0.15) is 0 Å². The fourth-order valence-electron chi connectivity index (χ4n) is 1.87. The highest BCUT2D eigenvalue weighted by Gasteiger charge is 2.13. The minimum absolute atomic E-state index is 0.236. The van der Waals surface area contributed by atoms with Crippen LogP contribution in [0.5, 0.6) is 5.75 Å². The predicted octanol–water partition coefficient (Wildman–Crippen LogP) is 1.56. The zero-order chi connectivity index (χ0) is 16.4. The third-order valence-electron chi connectivity index (χ3n) is 3.12. The maximum atomic E-state index is 11.4. The van der Waals surface area contributed by atoms with E-state index in [4.69, 9.17) is 9.47 Å². The Morgan fingerprint density at radius 3 is 2.64 bits per heavy atom. The Labute approximate surface area is 131 Å². The zero-order valence-corrected chi connectivity index (χ0v) is 13.7. The molecule has 122 valence electrons. The molecule has 0 saturated heterocycles. The molecule has 22 heavy (non-hydrogen) atoms. The molecule has 0 heterocycles. The fourth-order valence-corrected chi connectivity index (χ4v) is 1.87. The summed E-state index contributed by atoms with van der Waals surface area (Å²) < 4.78 is 10.0. The second-order valence-electron chi connectivity index (χ2n) is 4.81. The van der Waals surface area contributed by atoms with Crippen LogP contribution in [0.4, 0.5) is 0 Å². The second kappa shape index (κ2) is 9.65. The number of carbonyl (C=O) groups is 1. The van der Waals surface area contributed by atoms with E-state index < -0.39 is 0 Å². The molecule has 0 spiro atoms. The molecule has 1 aromatic carbocycles. The van der Waals surface area contributed by atoms with Gasteiger partial charge in [-0.25, -0.2) is 4.99 Å². The van der Waals surface area contributed by atoms with Crippen LogP contribution in [0.15, 0.2) is 29.3 Å². The molecule has 2 N–H and O–H groups in total. The van der Waals surface area contributed by atoms with E-state index in [1.54, 1.807) is 7.11 Å². The number of ether oxygens (including phenoxy) is 2. The van der Waals surface area contributed by atoms with E-state index in [1.165, 1.54) is 7.11 Å². The van der Waals surface area contributed by atoms with E-state index in [0.29, 0.717) is 19.0 Å². The topological polar surface area (TPSA) is 72.0 Å². The monoisotopic (exact) mass is 307 g/mol. The van der Waals surface area contributed by atoms with Gasteiger partial charge in [0.05, 0.1) is 26.7 Å². The van der Waals surface area contributed by atoms with Crippen molar-refractivity contribution in [2.24, 2.45) is 10.9 Å². The van der Waals surface area contributed by atoms with Crippen molar-refractivity contribution >= 4 is 11.9 Å². The maximum absolute atomic E-state index is 11.4. The van der Waals surface area contributed by atoms with E-state index >= 15 is 0 Å². The lowest BCUT2D eigenvalue weighted by molar-refractivity contribution is -0.144. The number of methoxy groups -OCH3 is 2. The number of carbonyl (C=O) groups excluding carboxylic acids is 1. The largest absolute Gasteiger partial charge is 0.496 e. The van der Waals surface area contributed by atoms with Gasteiger partial charge in [-0.1, -0.05) is 25.1 Å². The average Bonchev–Trinajstić information content (AvgIpc) is 2.56. The van der Waals surface area contributed by atoms with Crippen LogP contribution in [0.1, 0.15) is 19.4 Å². The van der Waals surface area contributed by atoms with Crippen molar-refractivity contribution in [1.29, 1.82) is 0 Å². The summed E-state index contributed by atoms with van der Waals surface area (Å²) in [7, 11) is 3.03. The number of nitrogens with zero attached hydrogens (tertiary/aromatic N) is 1. The lowest BCUT2D eigenvalue weighted by Gasteiger charge is -2.14. The highest BCUT2D eigenvalue weighted by molar-refractivity contribution is 5.80. The Morgan fingerprint density at radius 1 is 1.27 bits per heavy atom. The molecule has 1 rings (SSSR count). The number of benzene rings is 1. The van der Waals surface area contributed by atoms with Gasteiger partial charge in [0, 0.05) is 18.7 Å². The molecule has 0 amide bonds. The summed E-state index contributed by atoms with van der Waals surface area (Å²) in [5.74, 6) is 0.988. The third kappa shape index (κ3) is 5.63. The molecule has 0 aliphatic heterocycles. The van der Waals surface area contributed by atoms with Gasteiger partial charge in [0.2, 0.25) is 0 Å².